The fourth-order valence-corrected chi connectivity index (χ4v) is 0.530. The molecule has 0 amide bonds. The van der Waals surface area contributed by atoms with Gasteiger partial charge in [0.2, 0.25) is 0 Å². The molecule has 0 saturated heterocycles. The van der Waals surface area contributed by atoms with Gasteiger partial charge in [-0.2, -0.15) is 0 Å². The monoisotopic (exact) mass is 372 g/mol. The molecule has 0 aliphatic carbocycles. The van der Waals surface area contributed by atoms with E-state index < -0.39 is 0 Å². The summed E-state index contributed by atoms with van der Waals surface area (Å²) in [5.41, 5.74) is -0.296. The molecule has 23 heavy (non-hydrogen) atoms. The molecule has 0 aromatic carbocycles. The summed E-state index contributed by atoms with van der Waals surface area (Å²) in [5.74, 6) is 0.0231. The second kappa shape index (κ2) is 21.9. The summed E-state index contributed by atoms with van der Waals surface area (Å²) >= 11 is 0. The van der Waals surface area contributed by atoms with Crippen LogP contribution in [0.25, 0.3) is 0 Å². The average Bonchev–Trinajstić information content (AvgIpc) is 2.10. The number of ether oxygens (including phenoxy) is 1. The maximum Gasteiger partial charge on any atom is 0.272 e. The number of rotatable bonds is 2. The second-order valence-electron chi connectivity index (χ2n) is 6.45. The molecule has 0 fully saturated rings. The molecule has 0 saturated carbocycles. The minimum Gasteiger partial charge on any atom is -0.481 e. The quantitative estimate of drug-likeness (QED) is 0.438. The number of hydrogen-bond acceptors (Lipinski definition) is 5. The number of aliphatic hydroxyl groups excluding tert-OH is 4. The third kappa shape index (κ3) is 138. The molecular weight excluding hydrogens is 332 g/mol. The normalized spacial score (nSPS) is 10.5. The maximum absolute atomic E-state index is 9.02. The molecule has 0 unspecified atom stereocenters. The smallest absolute Gasteiger partial charge is 0.272 e. The molecule has 0 aliphatic heterocycles. The van der Waals surface area contributed by atoms with Crippen LogP contribution in [0, 0.1) is 0 Å². The van der Waals surface area contributed by atoms with Crippen molar-refractivity contribution >= 4 is 0 Å². The SMILES string of the molecule is CC(C)O.CC(C)O.CC(C)O.CC/C=C(\O)OC(C)(C)C.[Ti]. The second-order valence-corrected chi connectivity index (χ2v) is 6.45. The van der Waals surface area contributed by atoms with Crippen LogP contribution in [0.2, 0.25) is 0 Å². The summed E-state index contributed by atoms with van der Waals surface area (Å²) in [6.45, 7) is 18.0. The average molecular weight is 372 g/mol. The van der Waals surface area contributed by atoms with Crippen LogP contribution in [-0.2, 0) is 26.5 Å². The van der Waals surface area contributed by atoms with Crippen LogP contribution in [0.5, 0.6) is 0 Å². The van der Waals surface area contributed by atoms with E-state index in [1.54, 1.807) is 47.6 Å². The topological polar surface area (TPSA) is 90.2 Å². The van der Waals surface area contributed by atoms with Gasteiger partial charge in [0, 0.05) is 40.0 Å². The van der Waals surface area contributed by atoms with Crippen LogP contribution in [-0.4, -0.2) is 44.3 Å². The predicted molar refractivity (Wildman–Crippen MR) is 93.9 cm³/mol. The molecule has 0 aromatic rings. The van der Waals surface area contributed by atoms with Gasteiger partial charge in [0.1, 0.15) is 5.60 Å². The van der Waals surface area contributed by atoms with Crippen molar-refractivity contribution in [2.45, 2.75) is 99.6 Å². The molecule has 0 spiro atoms. The van der Waals surface area contributed by atoms with Gasteiger partial charge in [0.15, 0.2) is 0 Å². The van der Waals surface area contributed by atoms with Crippen molar-refractivity contribution in [3.63, 3.8) is 0 Å². The van der Waals surface area contributed by atoms with Gasteiger partial charge in [-0.1, -0.05) is 6.92 Å². The Balaban J connectivity index is -0.0000000700. The fourth-order valence-electron chi connectivity index (χ4n) is 0.530. The summed E-state index contributed by atoms with van der Waals surface area (Å²) < 4.78 is 5.09. The molecule has 0 rings (SSSR count). The largest absolute Gasteiger partial charge is 0.481 e. The van der Waals surface area contributed by atoms with Gasteiger partial charge in [-0.3, -0.25) is 0 Å². The fraction of sp³-hybridized carbons (Fsp3) is 0.882. The molecule has 4 N–H and O–H groups in total. The first-order valence-electron chi connectivity index (χ1n) is 7.77. The third-order valence-electron chi connectivity index (χ3n) is 0.789. The van der Waals surface area contributed by atoms with E-state index in [0.717, 1.165) is 6.42 Å². The van der Waals surface area contributed by atoms with Crippen molar-refractivity contribution in [3.8, 4) is 0 Å². The molecule has 5 nitrogen and oxygen atoms in total. The minimum atomic E-state index is -0.296. The molecule has 0 radical (unpaired) electrons. The minimum absolute atomic E-state index is 0. The Morgan fingerprint density at radius 3 is 1.22 bits per heavy atom. The molecule has 0 aliphatic rings. The summed E-state index contributed by atoms with van der Waals surface area (Å²) in [6.07, 6.45) is 1.94. The van der Waals surface area contributed by atoms with E-state index in [-0.39, 0.29) is 51.6 Å². The zero-order valence-electron chi connectivity index (χ0n) is 16.7. The molecule has 0 aromatic heterocycles. The molecule has 0 heterocycles. The van der Waals surface area contributed by atoms with E-state index in [1.165, 1.54) is 0 Å². The Morgan fingerprint density at radius 2 is 1.09 bits per heavy atom. The van der Waals surface area contributed by atoms with Crippen LogP contribution in [0.15, 0.2) is 12.0 Å². The maximum atomic E-state index is 9.02. The van der Waals surface area contributed by atoms with Gasteiger partial charge in [0.25, 0.3) is 5.95 Å². The zero-order valence-corrected chi connectivity index (χ0v) is 18.3. The van der Waals surface area contributed by atoms with Crippen molar-refractivity contribution < 1.29 is 46.9 Å². The van der Waals surface area contributed by atoms with Crippen LogP contribution >= 0.6 is 0 Å². The molecule has 6 heteroatoms. The van der Waals surface area contributed by atoms with E-state index in [9.17, 15) is 0 Å². The predicted octanol–water partition coefficient (Wildman–Crippen LogP) is 3.77. The first kappa shape index (κ1) is 34.3. The van der Waals surface area contributed by atoms with Gasteiger partial charge in [-0.25, -0.2) is 0 Å². The summed E-state index contributed by atoms with van der Waals surface area (Å²) in [4.78, 5) is 0. The van der Waals surface area contributed by atoms with Crippen LogP contribution in [0.1, 0.15) is 75.7 Å². The van der Waals surface area contributed by atoms with Crippen LogP contribution in [0.3, 0.4) is 0 Å². The Hall–Kier alpha value is -0.0657. The van der Waals surface area contributed by atoms with E-state index in [1.807, 2.05) is 27.7 Å². The Labute approximate surface area is 158 Å². The van der Waals surface area contributed by atoms with Crippen molar-refractivity contribution in [2.24, 2.45) is 0 Å². The van der Waals surface area contributed by atoms with E-state index in [2.05, 4.69) is 0 Å². The van der Waals surface area contributed by atoms with Crippen molar-refractivity contribution in [2.75, 3.05) is 0 Å². The Kier molecular flexibility index (Phi) is 32.7. The molecule has 0 atom stereocenters. The first-order chi connectivity index (χ1) is 9.65. The summed E-state index contributed by atoms with van der Waals surface area (Å²) in [5, 5.41) is 33.2. The first-order valence-corrected chi connectivity index (χ1v) is 7.77. The Bertz CT molecular complexity index is 211. The number of hydrogen-bond donors (Lipinski definition) is 4. The summed E-state index contributed by atoms with van der Waals surface area (Å²) in [6, 6.07) is 0. The van der Waals surface area contributed by atoms with Crippen LogP contribution < -0.4 is 0 Å². The van der Waals surface area contributed by atoms with E-state index in [0.29, 0.717) is 0 Å². The van der Waals surface area contributed by atoms with Crippen molar-refractivity contribution in [1.29, 1.82) is 0 Å². The standard InChI is InChI=1S/C8H16O2.3C3H8O.Ti/c1-5-6-7(9)10-8(2,3)4;3*1-3(2)4;/h6,9H,5H2,1-4H3;3*3-4H,1-2H3;/b7-6+;;;;. The zero-order chi connectivity index (χ0) is 18.9. The van der Waals surface area contributed by atoms with Gasteiger partial charge in [-0.05, 0) is 74.8 Å². The molecule has 0 bridgehead atoms. The Morgan fingerprint density at radius 1 is 0.870 bits per heavy atom. The van der Waals surface area contributed by atoms with E-state index >= 15 is 0 Å². The van der Waals surface area contributed by atoms with Gasteiger partial charge < -0.3 is 25.2 Å². The number of aliphatic hydroxyl groups is 4. The van der Waals surface area contributed by atoms with Gasteiger partial charge in [-0.15, -0.1) is 0 Å². The summed E-state index contributed by atoms with van der Waals surface area (Å²) in [7, 11) is 0. The van der Waals surface area contributed by atoms with E-state index in [4.69, 9.17) is 25.2 Å². The third-order valence-corrected chi connectivity index (χ3v) is 0.789. The van der Waals surface area contributed by atoms with Gasteiger partial charge in [0.05, 0.1) is 0 Å². The van der Waals surface area contributed by atoms with Gasteiger partial charge >= 0.3 is 0 Å². The van der Waals surface area contributed by atoms with Crippen molar-refractivity contribution in [1.82, 2.24) is 0 Å². The molecule has 142 valence electrons. The number of allylic oxidation sites excluding steroid dienone is 1. The van der Waals surface area contributed by atoms with Crippen LogP contribution in [0.4, 0.5) is 0 Å². The molecular formula is C17H40O5Ti. The van der Waals surface area contributed by atoms with Crippen molar-refractivity contribution in [3.05, 3.63) is 12.0 Å².